The van der Waals surface area contributed by atoms with Gasteiger partial charge in [-0.15, -0.1) is 0 Å². The van der Waals surface area contributed by atoms with Crippen LogP contribution in [0.4, 0.5) is 5.69 Å². The van der Waals surface area contributed by atoms with E-state index < -0.39 is 0 Å². The lowest BCUT2D eigenvalue weighted by molar-refractivity contribution is 0.104. The molecule has 0 aromatic heterocycles. The molecule has 0 unspecified atom stereocenters. The Morgan fingerprint density at radius 3 is 2.05 bits per heavy atom. The van der Waals surface area contributed by atoms with E-state index in [0.717, 1.165) is 26.8 Å². The Balaban J connectivity index is 2.14. The van der Waals surface area contributed by atoms with Crippen LogP contribution >= 0.6 is 31.9 Å². The number of hydrogen-bond donors (Lipinski definition) is 1. The average molecular weight is 409 g/mol. The first kappa shape index (κ1) is 16.0. The number of anilines is 1. The maximum absolute atomic E-state index is 12.2. The van der Waals surface area contributed by atoms with Crippen LogP contribution in [0, 0.1) is 0 Å². The summed E-state index contributed by atoms with van der Waals surface area (Å²) in [4.78, 5) is 12.2. The Kier molecular flexibility index (Phi) is 5.76. The van der Waals surface area contributed by atoms with Crippen molar-refractivity contribution >= 4 is 43.3 Å². The van der Waals surface area contributed by atoms with Crippen molar-refractivity contribution in [1.82, 2.24) is 0 Å². The van der Waals surface area contributed by atoms with Crippen LogP contribution in [0.15, 0.2) is 69.2 Å². The van der Waals surface area contributed by atoms with E-state index in [1.54, 1.807) is 6.08 Å². The normalized spacial score (nSPS) is 11.3. The summed E-state index contributed by atoms with van der Waals surface area (Å²) in [7, 11) is 0. The summed E-state index contributed by atoms with van der Waals surface area (Å²) in [5.41, 5.74) is 2.54. The molecule has 0 aliphatic rings. The van der Waals surface area contributed by atoms with E-state index in [2.05, 4.69) is 37.2 Å². The zero-order valence-electron chi connectivity index (χ0n) is 11.6. The summed E-state index contributed by atoms with van der Waals surface area (Å²) in [6.45, 7) is 2.02. The molecule has 0 spiro atoms. The van der Waals surface area contributed by atoms with E-state index in [0.29, 0.717) is 5.56 Å². The van der Waals surface area contributed by atoms with Crippen molar-refractivity contribution in [3.63, 3.8) is 0 Å². The van der Waals surface area contributed by atoms with Gasteiger partial charge in [-0.1, -0.05) is 38.8 Å². The molecule has 4 heteroatoms. The fraction of sp³-hybridized carbons (Fsp3) is 0.118. The van der Waals surface area contributed by atoms with E-state index >= 15 is 0 Å². The van der Waals surface area contributed by atoms with Crippen LogP contribution in [0.5, 0.6) is 0 Å². The monoisotopic (exact) mass is 407 g/mol. The van der Waals surface area contributed by atoms with Gasteiger partial charge in [0.1, 0.15) is 0 Å². The summed E-state index contributed by atoms with van der Waals surface area (Å²) < 4.78 is 1.99. The molecule has 0 aliphatic heterocycles. The quantitative estimate of drug-likeness (QED) is 0.500. The van der Waals surface area contributed by atoms with E-state index in [-0.39, 0.29) is 5.78 Å². The Bertz CT molecular complexity index is 645. The van der Waals surface area contributed by atoms with Gasteiger partial charge in [-0.3, -0.25) is 4.79 Å². The Morgan fingerprint density at radius 2 is 1.52 bits per heavy atom. The molecule has 21 heavy (non-hydrogen) atoms. The highest BCUT2D eigenvalue weighted by molar-refractivity contribution is 9.10. The largest absolute Gasteiger partial charge is 0.359 e. The molecule has 0 amide bonds. The van der Waals surface area contributed by atoms with Gasteiger partial charge < -0.3 is 5.32 Å². The predicted molar refractivity (Wildman–Crippen MR) is 94.6 cm³/mol. The van der Waals surface area contributed by atoms with Gasteiger partial charge in [0.25, 0.3) is 0 Å². The van der Waals surface area contributed by atoms with Crippen LogP contribution in [0.1, 0.15) is 23.7 Å². The van der Waals surface area contributed by atoms with Gasteiger partial charge in [0.15, 0.2) is 5.78 Å². The van der Waals surface area contributed by atoms with Crippen LogP contribution in [-0.2, 0) is 0 Å². The van der Waals surface area contributed by atoms with Crippen molar-refractivity contribution in [3.8, 4) is 0 Å². The van der Waals surface area contributed by atoms with Crippen LogP contribution in [0.3, 0.4) is 0 Å². The highest BCUT2D eigenvalue weighted by atomic mass is 79.9. The van der Waals surface area contributed by atoms with Gasteiger partial charge in [0.05, 0.1) is 0 Å². The molecule has 2 nitrogen and oxygen atoms in total. The van der Waals surface area contributed by atoms with Crippen LogP contribution in [0.2, 0.25) is 0 Å². The summed E-state index contributed by atoms with van der Waals surface area (Å²) in [5.74, 6) is 0.00367. The van der Waals surface area contributed by atoms with Gasteiger partial charge in [0.2, 0.25) is 0 Å². The van der Waals surface area contributed by atoms with E-state index in [1.807, 2.05) is 55.5 Å². The number of allylic oxidation sites excluding steroid dienone is 2. The second-order valence-electron chi connectivity index (χ2n) is 4.53. The molecule has 0 bridgehead atoms. The van der Waals surface area contributed by atoms with E-state index in [9.17, 15) is 4.79 Å². The van der Waals surface area contributed by atoms with Crippen LogP contribution in [-0.4, -0.2) is 5.78 Å². The van der Waals surface area contributed by atoms with Crippen molar-refractivity contribution < 1.29 is 4.79 Å². The van der Waals surface area contributed by atoms with Crippen LogP contribution < -0.4 is 5.32 Å². The number of halogens is 2. The Labute approximate surface area is 141 Å². The molecular weight excluding hydrogens is 394 g/mol. The maximum Gasteiger partial charge on any atom is 0.187 e. The third kappa shape index (κ3) is 4.83. The summed E-state index contributed by atoms with van der Waals surface area (Å²) in [6.07, 6.45) is 2.42. The van der Waals surface area contributed by atoms with Crippen molar-refractivity contribution in [2.75, 3.05) is 5.32 Å². The molecule has 108 valence electrons. The molecule has 2 rings (SSSR count). The number of nitrogens with one attached hydrogen (secondary N) is 1. The second-order valence-corrected chi connectivity index (χ2v) is 6.36. The number of benzene rings is 2. The van der Waals surface area contributed by atoms with Gasteiger partial charge in [-0.2, -0.15) is 0 Å². The lowest BCUT2D eigenvalue weighted by Gasteiger charge is -2.09. The van der Waals surface area contributed by atoms with Crippen molar-refractivity contribution in [2.45, 2.75) is 13.3 Å². The minimum atomic E-state index is 0.00367. The topological polar surface area (TPSA) is 29.1 Å². The third-order valence-corrected chi connectivity index (χ3v) is 4.02. The highest BCUT2D eigenvalue weighted by Gasteiger charge is 2.05. The molecule has 2 aromatic carbocycles. The fourth-order valence-electron chi connectivity index (χ4n) is 1.80. The zero-order chi connectivity index (χ0) is 15.2. The van der Waals surface area contributed by atoms with E-state index in [4.69, 9.17) is 0 Å². The second kappa shape index (κ2) is 7.57. The third-order valence-electron chi connectivity index (χ3n) is 2.96. The molecule has 1 N–H and O–H groups in total. The first-order valence-corrected chi connectivity index (χ1v) is 8.20. The lowest BCUT2D eigenvalue weighted by atomic mass is 10.1. The number of ketones is 1. The smallest absolute Gasteiger partial charge is 0.187 e. The molecule has 0 saturated heterocycles. The molecule has 0 heterocycles. The summed E-state index contributed by atoms with van der Waals surface area (Å²) >= 11 is 6.77. The molecule has 0 atom stereocenters. The minimum Gasteiger partial charge on any atom is -0.359 e. The number of hydrogen-bond acceptors (Lipinski definition) is 2. The maximum atomic E-state index is 12.2. The molecule has 0 fully saturated rings. The lowest BCUT2D eigenvalue weighted by Crippen LogP contribution is -2.03. The number of carbonyl (C=O) groups is 1. The van der Waals surface area contributed by atoms with Gasteiger partial charge >= 0.3 is 0 Å². The minimum absolute atomic E-state index is 0.00367. The molecular formula is C17H15Br2NO. The number of rotatable bonds is 5. The van der Waals surface area contributed by atoms with E-state index in [1.165, 1.54) is 0 Å². The van der Waals surface area contributed by atoms with Crippen LogP contribution in [0.25, 0.3) is 0 Å². The van der Waals surface area contributed by atoms with Gasteiger partial charge in [-0.25, -0.2) is 0 Å². The molecule has 0 saturated carbocycles. The molecule has 0 radical (unpaired) electrons. The average Bonchev–Trinajstić information content (AvgIpc) is 2.49. The summed E-state index contributed by atoms with van der Waals surface area (Å²) in [5, 5.41) is 3.28. The Hall–Kier alpha value is -1.39. The van der Waals surface area contributed by atoms with Crippen molar-refractivity contribution in [3.05, 3.63) is 74.8 Å². The molecule has 0 aliphatic carbocycles. The summed E-state index contributed by atoms with van der Waals surface area (Å²) in [6, 6.07) is 15.2. The number of carbonyl (C=O) groups excluding carboxylic acids is 1. The zero-order valence-corrected chi connectivity index (χ0v) is 14.7. The first-order valence-electron chi connectivity index (χ1n) is 6.61. The van der Waals surface area contributed by atoms with Crippen molar-refractivity contribution in [2.24, 2.45) is 0 Å². The van der Waals surface area contributed by atoms with Crippen molar-refractivity contribution in [1.29, 1.82) is 0 Å². The predicted octanol–water partition coefficient (Wildman–Crippen LogP) is 5.80. The van der Waals surface area contributed by atoms with Gasteiger partial charge in [0, 0.05) is 32.0 Å². The Morgan fingerprint density at radius 1 is 1.00 bits per heavy atom. The SMILES string of the molecule is CC/C(=C\C(=O)c1ccc(Br)cc1)Nc1ccc(Br)cc1. The standard InChI is InChI=1S/C17H15Br2NO/c1-2-15(20-16-9-7-14(19)8-10-16)11-17(21)12-3-5-13(18)6-4-12/h3-11,20H,2H2,1H3/b15-11+. The highest BCUT2D eigenvalue weighted by Crippen LogP contribution is 2.17. The van der Waals surface area contributed by atoms with Gasteiger partial charge in [-0.05, 0) is 55.0 Å². The molecule has 2 aromatic rings. The first-order chi connectivity index (χ1) is 10.1. The fourth-order valence-corrected chi connectivity index (χ4v) is 2.33.